The normalized spacial score (nSPS) is 29.0. The van der Waals surface area contributed by atoms with Gasteiger partial charge >= 0.3 is 0 Å². The van der Waals surface area contributed by atoms with Crippen LogP contribution in [0.15, 0.2) is 0 Å². The second kappa shape index (κ2) is 4.72. The molecular weight excluding hydrogens is 204 g/mol. The van der Waals surface area contributed by atoms with Gasteiger partial charge in [-0.3, -0.25) is 4.79 Å². The number of hydrogen-bond acceptors (Lipinski definition) is 3. The molecule has 0 aromatic heterocycles. The summed E-state index contributed by atoms with van der Waals surface area (Å²) in [6, 6.07) is 0.365. The molecule has 1 spiro atoms. The molecule has 2 rings (SSSR count). The lowest BCUT2D eigenvalue weighted by atomic mass is 9.82. The standard InChI is InChI=1S/C12H22N2O2/c1-10(15)14(2)11-3-8-16-12(9-11)4-6-13-7-5-12/h11,13H,3-9H2,1-2H3. The summed E-state index contributed by atoms with van der Waals surface area (Å²) in [7, 11) is 1.91. The Morgan fingerprint density at radius 1 is 1.44 bits per heavy atom. The molecule has 0 aromatic carbocycles. The Morgan fingerprint density at radius 3 is 2.75 bits per heavy atom. The first-order valence-corrected chi connectivity index (χ1v) is 6.21. The molecule has 4 nitrogen and oxygen atoms in total. The summed E-state index contributed by atoms with van der Waals surface area (Å²) in [6.45, 7) is 4.51. The highest BCUT2D eigenvalue weighted by Gasteiger charge is 2.40. The highest BCUT2D eigenvalue weighted by Crippen LogP contribution is 2.34. The Morgan fingerprint density at radius 2 is 2.12 bits per heavy atom. The third-order valence-electron chi connectivity index (χ3n) is 4.03. The number of rotatable bonds is 1. The van der Waals surface area contributed by atoms with Crippen LogP contribution in [0.5, 0.6) is 0 Å². The Kier molecular flexibility index (Phi) is 3.50. The molecule has 1 unspecified atom stereocenters. The zero-order valence-electron chi connectivity index (χ0n) is 10.3. The van der Waals surface area contributed by atoms with Crippen molar-refractivity contribution >= 4 is 5.91 Å². The van der Waals surface area contributed by atoms with Crippen molar-refractivity contribution in [3.63, 3.8) is 0 Å². The molecule has 2 aliphatic rings. The number of nitrogens with zero attached hydrogens (tertiary/aromatic N) is 1. The lowest BCUT2D eigenvalue weighted by Crippen LogP contribution is -2.53. The number of nitrogens with one attached hydrogen (secondary N) is 1. The fourth-order valence-electron chi connectivity index (χ4n) is 2.82. The van der Waals surface area contributed by atoms with Gasteiger partial charge in [-0.2, -0.15) is 0 Å². The summed E-state index contributed by atoms with van der Waals surface area (Å²) in [4.78, 5) is 13.3. The van der Waals surface area contributed by atoms with Crippen LogP contribution < -0.4 is 5.32 Å². The van der Waals surface area contributed by atoms with Gasteiger partial charge in [0.2, 0.25) is 5.91 Å². The highest BCUT2D eigenvalue weighted by molar-refractivity contribution is 5.73. The van der Waals surface area contributed by atoms with Gasteiger partial charge in [0.15, 0.2) is 0 Å². The van der Waals surface area contributed by atoms with Gasteiger partial charge in [0.05, 0.1) is 5.60 Å². The monoisotopic (exact) mass is 226 g/mol. The van der Waals surface area contributed by atoms with Crippen molar-refractivity contribution in [3.05, 3.63) is 0 Å². The predicted octanol–water partition coefficient (Wildman–Crippen LogP) is 0.766. The van der Waals surface area contributed by atoms with E-state index >= 15 is 0 Å². The maximum absolute atomic E-state index is 11.4. The van der Waals surface area contributed by atoms with Gasteiger partial charge in [-0.25, -0.2) is 0 Å². The van der Waals surface area contributed by atoms with Crippen molar-refractivity contribution in [2.45, 2.75) is 44.2 Å². The summed E-state index contributed by atoms with van der Waals surface area (Å²) >= 11 is 0. The Hall–Kier alpha value is -0.610. The van der Waals surface area contributed by atoms with E-state index in [1.807, 2.05) is 11.9 Å². The van der Waals surface area contributed by atoms with Gasteiger partial charge in [-0.15, -0.1) is 0 Å². The van der Waals surface area contributed by atoms with Gasteiger partial charge in [0.1, 0.15) is 0 Å². The van der Waals surface area contributed by atoms with Crippen LogP contribution in [-0.2, 0) is 9.53 Å². The lowest BCUT2D eigenvalue weighted by molar-refractivity contribution is -0.142. The van der Waals surface area contributed by atoms with Crippen LogP contribution in [0.4, 0.5) is 0 Å². The van der Waals surface area contributed by atoms with Crippen molar-refractivity contribution in [2.24, 2.45) is 0 Å². The van der Waals surface area contributed by atoms with Crippen molar-refractivity contribution in [1.82, 2.24) is 10.2 Å². The maximum atomic E-state index is 11.4. The van der Waals surface area contributed by atoms with Crippen molar-refractivity contribution < 1.29 is 9.53 Å². The van der Waals surface area contributed by atoms with Crippen LogP contribution in [0.3, 0.4) is 0 Å². The summed E-state index contributed by atoms with van der Waals surface area (Å²) in [5.41, 5.74) is 0.0396. The summed E-state index contributed by atoms with van der Waals surface area (Å²) in [5.74, 6) is 0.163. The summed E-state index contributed by atoms with van der Waals surface area (Å²) in [5, 5.41) is 3.36. The predicted molar refractivity (Wildman–Crippen MR) is 62.3 cm³/mol. The quantitative estimate of drug-likeness (QED) is 0.718. The van der Waals surface area contributed by atoms with Gasteiger partial charge in [0.25, 0.3) is 0 Å². The van der Waals surface area contributed by atoms with Gasteiger partial charge in [-0.05, 0) is 38.8 Å². The first-order valence-electron chi connectivity index (χ1n) is 6.21. The van der Waals surface area contributed by atoms with Gasteiger partial charge in [-0.1, -0.05) is 0 Å². The maximum Gasteiger partial charge on any atom is 0.219 e. The molecule has 0 radical (unpaired) electrons. The number of amides is 1. The molecule has 1 atom stereocenters. The van der Waals surface area contributed by atoms with E-state index in [0.29, 0.717) is 6.04 Å². The fourth-order valence-corrected chi connectivity index (χ4v) is 2.82. The zero-order valence-corrected chi connectivity index (χ0v) is 10.3. The van der Waals surface area contributed by atoms with E-state index in [1.165, 1.54) is 0 Å². The lowest BCUT2D eigenvalue weighted by Gasteiger charge is -2.45. The molecule has 1 amide bonds. The molecule has 16 heavy (non-hydrogen) atoms. The Balaban J connectivity index is 2.00. The second-order valence-corrected chi connectivity index (χ2v) is 5.06. The van der Waals surface area contributed by atoms with E-state index in [2.05, 4.69) is 5.32 Å². The first-order chi connectivity index (χ1) is 7.63. The number of carbonyl (C=O) groups is 1. The SMILES string of the molecule is CC(=O)N(C)C1CCOC2(CCNCC2)C1. The molecule has 92 valence electrons. The van der Waals surface area contributed by atoms with Crippen LogP contribution in [0.1, 0.15) is 32.6 Å². The number of hydrogen-bond donors (Lipinski definition) is 1. The molecule has 2 saturated heterocycles. The van der Waals surface area contributed by atoms with E-state index in [4.69, 9.17) is 4.74 Å². The molecule has 0 bridgehead atoms. The van der Waals surface area contributed by atoms with Crippen molar-refractivity contribution in [2.75, 3.05) is 26.7 Å². The molecule has 0 aromatic rings. The average molecular weight is 226 g/mol. The van der Waals surface area contributed by atoms with Crippen molar-refractivity contribution in [1.29, 1.82) is 0 Å². The fraction of sp³-hybridized carbons (Fsp3) is 0.917. The van der Waals surface area contributed by atoms with Crippen LogP contribution in [0.2, 0.25) is 0 Å². The number of piperidine rings is 1. The molecular formula is C12H22N2O2. The van der Waals surface area contributed by atoms with Crippen molar-refractivity contribution in [3.8, 4) is 0 Å². The number of ether oxygens (including phenoxy) is 1. The zero-order chi connectivity index (χ0) is 11.6. The van der Waals surface area contributed by atoms with Crippen LogP contribution in [0, 0.1) is 0 Å². The third kappa shape index (κ3) is 2.38. The minimum absolute atomic E-state index is 0.0396. The average Bonchev–Trinajstić information content (AvgIpc) is 2.29. The molecule has 0 saturated carbocycles. The highest BCUT2D eigenvalue weighted by atomic mass is 16.5. The van der Waals surface area contributed by atoms with Crippen LogP contribution >= 0.6 is 0 Å². The van der Waals surface area contributed by atoms with E-state index in [0.717, 1.165) is 45.4 Å². The van der Waals surface area contributed by atoms with Gasteiger partial charge in [0, 0.05) is 26.6 Å². The van der Waals surface area contributed by atoms with Crippen LogP contribution in [0.25, 0.3) is 0 Å². The molecule has 1 N–H and O–H groups in total. The topological polar surface area (TPSA) is 41.6 Å². The Bertz CT molecular complexity index is 256. The minimum Gasteiger partial charge on any atom is -0.375 e. The van der Waals surface area contributed by atoms with E-state index < -0.39 is 0 Å². The molecule has 2 heterocycles. The second-order valence-electron chi connectivity index (χ2n) is 5.06. The van der Waals surface area contributed by atoms with E-state index in [-0.39, 0.29) is 11.5 Å². The molecule has 2 fully saturated rings. The Labute approximate surface area is 97.3 Å². The van der Waals surface area contributed by atoms with E-state index in [1.54, 1.807) is 6.92 Å². The van der Waals surface area contributed by atoms with E-state index in [9.17, 15) is 4.79 Å². The van der Waals surface area contributed by atoms with Crippen LogP contribution in [-0.4, -0.2) is 49.2 Å². The summed E-state index contributed by atoms with van der Waals surface area (Å²) < 4.78 is 5.99. The third-order valence-corrected chi connectivity index (χ3v) is 4.03. The summed E-state index contributed by atoms with van der Waals surface area (Å²) in [6.07, 6.45) is 4.14. The molecule has 0 aliphatic carbocycles. The number of carbonyl (C=O) groups excluding carboxylic acids is 1. The largest absolute Gasteiger partial charge is 0.375 e. The minimum atomic E-state index is 0.0396. The molecule has 4 heteroatoms. The smallest absolute Gasteiger partial charge is 0.219 e. The molecule has 2 aliphatic heterocycles. The first kappa shape index (κ1) is 11.9. The van der Waals surface area contributed by atoms with Gasteiger partial charge < -0.3 is 15.0 Å².